The second kappa shape index (κ2) is 4.22. The van der Waals surface area contributed by atoms with Gasteiger partial charge in [0.2, 0.25) is 0 Å². The van der Waals surface area contributed by atoms with Gasteiger partial charge in [0.05, 0.1) is 13.2 Å². The molecule has 0 bridgehead atoms. The van der Waals surface area contributed by atoms with Crippen LogP contribution in [-0.2, 0) is 9.47 Å². The Hall–Kier alpha value is -0.380. The van der Waals surface area contributed by atoms with Crippen LogP contribution in [0.15, 0.2) is 30.3 Å². The number of halogens is 1. The summed E-state index contributed by atoms with van der Waals surface area (Å²) in [5.74, 6) is 0. The van der Waals surface area contributed by atoms with Gasteiger partial charge in [0.1, 0.15) is 11.1 Å². The summed E-state index contributed by atoms with van der Waals surface area (Å²) in [7, 11) is 0. The zero-order chi connectivity index (χ0) is 9.10. The predicted molar refractivity (Wildman–Crippen MR) is 53.8 cm³/mol. The molecular weight excluding hydrogens is 232 g/mol. The predicted octanol–water partition coefficient (Wildman–Crippen LogP) is 2.50. The number of ether oxygens (including phenoxy) is 2. The molecule has 1 aromatic rings. The van der Waals surface area contributed by atoms with E-state index in [1.165, 1.54) is 0 Å². The molecule has 1 aliphatic rings. The van der Waals surface area contributed by atoms with Crippen LogP contribution in [0.4, 0.5) is 0 Å². The van der Waals surface area contributed by atoms with Crippen molar-refractivity contribution in [1.29, 1.82) is 0 Å². The first-order valence-electron chi connectivity index (χ1n) is 4.30. The molecular formula is C10H11BrO2. The monoisotopic (exact) mass is 242 g/mol. The number of rotatable bonds is 1. The minimum absolute atomic E-state index is 0.0231. The largest absolute Gasteiger partial charge is 0.367 e. The molecule has 13 heavy (non-hydrogen) atoms. The molecule has 3 heteroatoms. The van der Waals surface area contributed by atoms with Crippen LogP contribution in [0.25, 0.3) is 0 Å². The number of alkyl halides is 1. The van der Waals surface area contributed by atoms with Gasteiger partial charge < -0.3 is 9.47 Å². The van der Waals surface area contributed by atoms with Crippen LogP contribution in [0.5, 0.6) is 0 Å². The van der Waals surface area contributed by atoms with Gasteiger partial charge in [0, 0.05) is 0 Å². The van der Waals surface area contributed by atoms with E-state index in [0.29, 0.717) is 13.2 Å². The quantitative estimate of drug-likeness (QED) is 0.705. The summed E-state index contributed by atoms with van der Waals surface area (Å²) in [6.45, 7) is 1.33. The highest BCUT2D eigenvalue weighted by atomic mass is 79.9. The van der Waals surface area contributed by atoms with Crippen LogP contribution >= 0.6 is 15.9 Å². The van der Waals surface area contributed by atoms with Crippen LogP contribution in [0.3, 0.4) is 0 Å². The summed E-state index contributed by atoms with van der Waals surface area (Å²) in [6.07, 6.45) is 0.0231. The maximum atomic E-state index is 5.60. The first-order chi connectivity index (χ1) is 6.38. The van der Waals surface area contributed by atoms with E-state index in [9.17, 15) is 0 Å². The fraction of sp³-hybridized carbons (Fsp3) is 0.400. The number of hydrogen-bond acceptors (Lipinski definition) is 2. The normalized spacial score (nSPS) is 28.7. The smallest absolute Gasteiger partial charge is 0.142 e. The van der Waals surface area contributed by atoms with Crippen molar-refractivity contribution in [3.05, 3.63) is 35.9 Å². The first-order valence-corrected chi connectivity index (χ1v) is 5.22. The third-order valence-electron chi connectivity index (χ3n) is 2.02. The number of benzene rings is 1. The topological polar surface area (TPSA) is 18.5 Å². The van der Waals surface area contributed by atoms with Crippen molar-refractivity contribution in [1.82, 2.24) is 0 Å². The van der Waals surface area contributed by atoms with Crippen molar-refractivity contribution >= 4 is 15.9 Å². The third-order valence-corrected chi connectivity index (χ3v) is 2.77. The summed E-state index contributed by atoms with van der Waals surface area (Å²) < 4.78 is 11.0. The van der Waals surface area contributed by atoms with E-state index in [2.05, 4.69) is 15.9 Å². The molecule has 1 fully saturated rings. The van der Waals surface area contributed by atoms with Gasteiger partial charge in [0.25, 0.3) is 0 Å². The van der Waals surface area contributed by atoms with Crippen molar-refractivity contribution in [3.8, 4) is 0 Å². The van der Waals surface area contributed by atoms with Crippen molar-refractivity contribution in [2.24, 2.45) is 0 Å². The molecule has 0 amide bonds. The van der Waals surface area contributed by atoms with E-state index >= 15 is 0 Å². The Morgan fingerprint density at radius 1 is 1.08 bits per heavy atom. The molecule has 0 unspecified atom stereocenters. The molecule has 0 N–H and O–H groups in total. The van der Waals surface area contributed by atoms with Crippen molar-refractivity contribution in [3.63, 3.8) is 0 Å². The maximum absolute atomic E-state index is 5.60. The molecule has 0 radical (unpaired) electrons. The van der Waals surface area contributed by atoms with Gasteiger partial charge >= 0.3 is 0 Å². The van der Waals surface area contributed by atoms with Crippen LogP contribution in [0, 0.1) is 0 Å². The van der Waals surface area contributed by atoms with Gasteiger partial charge in [-0.2, -0.15) is 0 Å². The fourth-order valence-electron chi connectivity index (χ4n) is 1.39. The van der Waals surface area contributed by atoms with Crippen molar-refractivity contribution in [2.75, 3.05) is 13.2 Å². The molecule has 2 atom stereocenters. The van der Waals surface area contributed by atoms with E-state index in [1.807, 2.05) is 30.3 Å². The van der Waals surface area contributed by atoms with Crippen LogP contribution in [-0.4, -0.2) is 18.2 Å². The lowest BCUT2D eigenvalue weighted by atomic mass is 10.1. The van der Waals surface area contributed by atoms with E-state index in [-0.39, 0.29) is 11.1 Å². The van der Waals surface area contributed by atoms with Crippen molar-refractivity contribution < 1.29 is 9.47 Å². The molecule has 1 aliphatic heterocycles. The van der Waals surface area contributed by atoms with Crippen LogP contribution < -0.4 is 0 Å². The zero-order valence-corrected chi connectivity index (χ0v) is 8.74. The number of hydrogen-bond donors (Lipinski definition) is 0. The Bertz CT molecular complexity index is 263. The average Bonchev–Trinajstić information content (AvgIpc) is 2.20. The molecule has 1 heterocycles. The maximum Gasteiger partial charge on any atom is 0.142 e. The molecule has 0 saturated carbocycles. The van der Waals surface area contributed by atoms with Crippen LogP contribution in [0.1, 0.15) is 11.7 Å². The van der Waals surface area contributed by atoms with Gasteiger partial charge in [0.15, 0.2) is 0 Å². The Morgan fingerprint density at radius 2 is 1.77 bits per heavy atom. The first kappa shape index (κ1) is 9.19. The van der Waals surface area contributed by atoms with E-state index < -0.39 is 0 Å². The van der Waals surface area contributed by atoms with Crippen molar-refractivity contribution in [2.45, 2.75) is 11.1 Å². The lowest BCUT2D eigenvalue weighted by Crippen LogP contribution is -2.27. The summed E-state index contributed by atoms with van der Waals surface area (Å²) >= 11 is 3.44. The lowest BCUT2D eigenvalue weighted by Gasteiger charge is -2.28. The second-order valence-corrected chi connectivity index (χ2v) is 3.83. The van der Waals surface area contributed by atoms with Gasteiger partial charge in [-0.05, 0) is 5.56 Å². The summed E-state index contributed by atoms with van der Waals surface area (Å²) in [5, 5.41) is -0.0244. The third kappa shape index (κ3) is 2.10. The highest BCUT2D eigenvalue weighted by Gasteiger charge is 2.25. The minimum Gasteiger partial charge on any atom is -0.367 e. The van der Waals surface area contributed by atoms with Crippen LogP contribution in [0.2, 0.25) is 0 Å². The molecule has 2 nitrogen and oxygen atoms in total. The SMILES string of the molecule is Br[C@H]1OCCO[C@@H]1c1ccccc1. The zero-order valence-electron chi connectivity index (χ0n) is 7.15. The Kier molecular flexibility index (Phi) is 2.98. The Labute approximate surface area is 86.0 Å². The van der Waals surface area contributed by atoms with Gasteiger partial charge in [-0.25, -0.2) is 0 Å². The van der Waals surface area contributed by atoms with Gasteiger partial charge in [-0.3, -0.25) is 0 Å². The summed E-state index contributed by atoms with van der Waals surface area (Å²) in [4.78, 5) is 0. The van der Waals surface area contributed by atoms with Gasteiger partial charge in [-0.1, -0.05) is 46.3 Å². The molecule has 0 aromatic heterocycles. The second-order valence-electron chi connectivity index (χ2n) is 2.92. The highest BCUT2D eigenvalue weighted by Crippen LogP contribution is 2.29. The standard InChI is InChI=1S/C10H11BrO2/c11-10-9(12-6-7-13-10)8-4-2-1-3-5-8/h1-5,9-10H,6-7H2/t9-,10+/m1/s1. The Morgan fingerprint density at radius 3 is 2.46 bits per heavy atom. The fourth-order valence-corrected chi connectivity index (χ4v) is 2.03. The van der Waals surface area contributed by atoms with Gasteiger partial charge in [-0.15, -0.1) is 0 Å². The Balaban J connectivity index is 2.15. The van der Waals surface area contributed by atoms with E-state index in [0.717, 1.165) is 5.56 Å². The molecule has 70 valence electrons. The molecule has 2 rings (SSSR count). The minimum atomic E-state index is -0.0244. The highest BCUT2D eigenvalue weighted by molar-refractivity contribution is 9.09. The average molecular weight is 243 g/mol. The molecule has 1 saturated heterocycles. The summed E-state index contributed by atoms with van der Waals surface area (Å²) in [6, 6.07) is 10.1. The van der Waals surface area contributed by atoms with E-state index in [1.54, 1.807) is 0 Å². The summed E-state index contributed by atoms with van der Waals surface area (Å²) in [5.41, 5.74) is 1.16. The lowest BCUT2D eigenvalue weighted by molar-refractivity contribution is -0.103. The molecule has 0 spiro atoms. The molecule has 0 aliphatic carbocycles. The van der Waals surface area contributed by atoms with E-state index in [4.69, 9.17) is 9.47 Å². The molecule has 1 aromatic carbocycles.